The fraction of sp³-hybridized carbons (Fsp3) is 0.467. The Morgan fingerprint density at radius 3 is 2.56 bits per heavy atom. The van der Waals surface area contributed by atoms with Crippen molar-refractivity contribution in [3.8, 4) is 11.5 Å². The lowest BCUT2D eigenvalue weighted by Gasteiger charge is -2.41. The van der Waals surface area contributed by atoms with E-state index in [9.17, 15) is 29.3 Å². The topological polar surface area (TPSA) is 129 Å². The first-order valence-electron chi connectivity index (χ1n) is 13.7. The molecule has 4 rings (SSSR count). The molecule has 9 nitrogen and oxygen atoms in total. The minimum absolute atomic E-state index is 0.0167. The average molecular weight is 683 g/mol. The lowest BCUT2D eigenvalue weighted by Crippen LogP contribution is -2.55. The fourth-order valence-corrected chi connectivity index (χ4v) is 6.26. The lowest BCUT2D eigenvalue weighted by molar-refractivity contribution is -0.143. The zero-order valence-corrected chi connectivity index (χ0v) is 25.1. The minimum atomic E-state index is -1.26. The number of halogens is 2. The number of nitrogens with one attached hydrogen (secondary N) is 1. The molecule has 0 radical (unpaired) electrons. The minimum Gasteiger partial charge on any atom is -0.493 e. The van der Waals surface area contributed by atoms with Crippen molar-refractivity contribution in [3.63, 3.8) is 0 Å². The monoisotopic (exact) mass is 682 g/mol. The number of benzene rings is 2. The largest absolute Gasteiger partial charge is 0.493 e. The summed E-state index contributed by atoms with van der Waals surface area (Å²) >= 11 is 2.04. The molecule has 1 saturated carbocycles. The van der Waals surface area contributed by atoms with E-state index in [1.165, 1.54) is 24.2 Å². The van der Waals surface area contributed by atoms with Crippen molar-refractivity contribution in [1.29, 1.82) is 0 Å². The van der Waals surface area contributed by atoms with E-state index in [1.807, 2.05) is 22.6 Å². The van der Waals surface area contributed by atoms with Gasteiger partial charge < -0.3 is 35.0 Å². The molecule has 2 amide bonds. The number of carbonyl (C=O) groups is 2. The molecule has 2 aliphatic carbocycles. The fourth-order valence-electron chi connectivity index (χ4n) is 5.47. The standard InChI is InChI=1S/C30H36FIN2O7/c1-40-26-13-18(17-36)12-23(32)28(26)41-25-15-21(29(38)33-10-11-35)14-24(27(25)37)34(30(39)19-6-2-3-7-19)16-20-8-4-5-9-22(20)31/h4-5,8-9,12-13,15,19,24-25,27,35-37H,2-3,6-7,10-11,14,16-17H2,1H3,(H,33,38). The zero-order chi connectivity index (χ0) is 29.5. The van der Waals surface area contributed by atoms with Gasteiger partial charge in [-0.3, -0.25) is 9.59 Å². The highest BCUT2D eigenvalue weighted by Crippen LogP contribution is 2.38. The third kappa shape index (κ3) is 7.37. The highest BCUT2D eigenvalue weighted by Gasteiger charge is 2.42. The van der Waals surface area contributed by atoms with Gasteiger partial charge in [-0.15, -0.1) is 0 Å². The summed E-state index contributed by atoms with van der Waals surface area (Å²) in [6, 6.07) is 8.65. The van der Waals surface area contributed by atoms with Crippen LogP contribution in [0.25, 0.3) is 0 Å². The number of aliphatic hydroxyl groups is 3. The quantitative estimate of drug-likeness (QED) is 0.269. The van der Waals surface area contributed by atoms with Crippen LogP contribution >= 0.6 is 22.6 Å². The van der Waals surface area contributed by atoms with Gasteiger partial charge in [0.15, 0.2) is 11.5 Å². The van der Waals surface area contributed by atoms with Crippen LogP contribution in [0.4, 0.5) is 4.39 Å². The van der Waals surface area contributed by atoms with Gasteiger partial charge in [-0.1, -0.05) is 31.0 Å². The van der Waals surface area contributed by atoms with Gasteiger partial charge in [0.1, 0.15) is 18.0 Å². The maximum Gasteiger partial charge on any atom is 0.247 e. The molecular formula is C30H36FIN2O7. The molecule has 0 bridgehead atoms. The highest BCUT2D eigenvalue weighted by molar-refractivity contribution is 14.1. The van der Waals surface area contributed by atoms with Crippen LogP contribution in [-0.2, 0) is 22.7 Å². The Morgan fingerprint density at radius 1 is 1.17 bits per heavy atom. The van der Waals surface area contributed by atoms with E-state index in [0.717, 1.165) is 12.8 Å². The molecule has 2 aromatic carbocycles. The van der Waals surface area contributed by atoms with Gasteiger partial charge in [-0.25, -0.2) is 4.39 Å². The molecule has 2 aliphatic rings. The first-order valence-corrected chi connectivity index (χ1v) is 14.8. The second-order valence-corrected chi connectivity index (χ2v) is 11.5. The zero-order valence-electron chi connectivity index (χ0n) is 22.9. The Balaban J connectivity index is 1.74. The predicted octanol–water partition coefficient (Wildman–Crippen LogP) is 3.07. The first-order chi connectivity index (χ1) is 19.8. The SMILES string of the molecule is COc1cc(CO)cc(I)c1OC1C=C(C(=O)NCCO)CC(N(Cc2ccccc2F)C(=O)C2CCCC2)C1O. The molecular weight excluding hydrogens is 646 g/mol. The van der Waals surface area contributed by atoms with Crippen LogP contribution in [0.3, 0.4) is 0 Å². The summed E-state index contributed by atoms with van der Waals surface area (Å²) in [5.74, 6) is -0.720. The Hall–Kier alpha value is -2.74. The van der Waals surface area contributed by atoms with Gasteiger partial charge in [0.25, 0.3) is 0 Å². The molecule has 11 heteroatoms. The molecule has 3 atom stereocenters. The number of hydrogen-bond acceptors (Lipinski definition) is 7. The third-order valence-corrected chi connectivity index (χ3v) is 8.43. The van der Waals surface area contributed by atoms with Crippen LogP contribution in [0.15, 0.2) is 48.0 Å². The van der Waals surface area contributed by atoms with Crippen molar-refractivity contribution >= 4 is 34.4 Å². The molecule has 0 saturated heterocycles. The Kier molecular flexibility index (Phi) is 11.0. The van der Waals surface area contributed by atoms with E-state index in [4.69, 9.17) is 9.47 Å². The summed E-state index contributed by atoms with van der Waals surface area (Å²) in [5, 5.41) is 33.2. The summed E-state index contributed by atoms with van der Waals surface area (Å²) < 4.78 is 27.2. The maximum absolute atomic E-state index is 14.8. The van der Waals surface area contributed by atoms with E-state index < -0.39 is 30.0 Å². The number of aliphatic hydroxyl groups excluding tert-OH is 3. The van der Waals surface area contributed by atoms with Gasteiger partial charge >= 0.3 is 0 Å². The number of ether oxygens (including phenoxy) is 2. The van der Waals surface area contributed by atoms with E-state index >= 15 is 0 Å². The Morgan fingerprint density at radius 2 is 1.90 bits per heavy atom. The van der Waals surface area contributed by atoms with Crippen LogP contribution < -0.4 is 14.8 Å². The molecule has 0 heterocycles. The third-order valence-electron chi connectivity index (χ3n) is 7.63. The van der Waals surface area contributed by atoms with Crippen LogP contribution in [0.2, 0.25) is 0 Å². The first kappa shape index (κ1) is 31.2. The Labute approximate surface area is 252 Å². The van der Waals surface area contributed by atoms with Crippen LogP contribution in [0, 0.1) is 15.3 Å². The number of amides is 2. The Bertz CT molecular complexity index is 1270. The summed E-state index contributed by atoms with van der Waals surface area (Å²) in [5.41, 5.74) is 1.19. The van der Waals surface area contributed by atoms with Gasteiger partial charge in [0, 0.05) is 36.6 Å². The number of rotatable bonds is 11. The summed E-state index contributed by atoms with van der Waals surface area (Å²) in [6.45, 7) is -0.501. The number of hydrogen-bond donors (Lipinski definition) is 4. The van der Waals surface area contributed by atoms with Gasteiger partial charge in [-0.05, 0) is 65.3 Å². The van der Waals surface area contributed by atoms with Crippen molar-refractivity contribution < 1.29 is 38.8 Å². The maximum atomic E-state index is 14.8. The number of carbonyl (C=O) groups excluding carboxylic acids is 2. The van der Waals surface area contributed by atoms with Gasteiger partial charge in [0.05, 0.1) is 29.9 Å². The van der Waals surface area contributed by atoms with E-state index in [1.54, 1.807) is 30.3 Å². The predicted molar refractivity (Wildman–Crippen MR) is 158 cm³/mol. The van der Waals surface area contributed by atoms with E-state index in [-0.39, 0.29) is 50.1 Å². The molecule has 0 spiro atoms. The van der Waals surface area contributed by atoms with Gasteiger partial charge in [-0.2, -0.15) is 0 Å². The normalized spacial score (nSPS) is 20.8. The van der Waals surface area contributed by atoms with Crippen molar-refractivity contribution in [2.24, 2.45) is 5.92 Å². The van der Waals surface area contributed by atoms with E-state index in [2.05, 4.69) is 5.32 Å². The summed E-state index contributed by atoms with van der Waals surface area (Å²) in [7, 11) is 1.46. The van der Waals surface area contributed by atoms with Crippen molar-refractivity contribution in [3.05, 3.63) is 68.6 Å². The molecule has 0 aliphatic heterocycles. The molecule has 4 N–H and O–H groups in total. The van der Waals surface area contributed by atoms with Crippen molar-refractivity contribution in [2.45, 2.75) is 63.5 Å². The summed E-state index contributed by atoms with van der Waals surface area (Å²) in [6.07, 6.45) is 2.46. The number of nitrogens with zero attached hydrogens (tertiary/aromatic N) is 1. The smallest absolute Gasteiger partial charge is 0.247 e. The van der Waals surface area contributed by atoms with Crippen LogP contribution in [0.5, 0.6) is 11.5 Å². The molecule has 2 aromatic rings. The summed E-state index contributed by atoms with van der Waals surface area (Å²) in [4.78, 5) is 28.5. The van der Waals surface area contributed by atoms with Crippen LogP contribution in [-0.4, -0.2) is 70.5 Å². The molecule has 0 aromatic heterocycles. The molecule has 41 heavy (non-hydrogen) atoms. The highest BCUT2D eigenvalue weighted by atomic mass is 127. The second kappa shape index (κ2) is 14.4. The molecule has 1 fully saturated rings. The number of methoxy groups -OCH3 is 1. The van der Waals surface area contributed by atoms with Crippen molar-refractivity contribution in [2.75, 3.05) is 20.3 Å². The van der Waals surface area contributed by atoms with E-state index in [0.29, 0.717) is 39.0 Å². The van der Waals surface area contributed by atoms with Crippen LogP contribution in [0.1, 0.15) is 43.2 Å². The van der Waals surface area contributed by atoms with Gasteiger partial charge in [0.2, 0.25) is 11.8 Å². The van der Waals surface area contributed by atoms with Crippen molar-refractivity contribution in [1.82, 2.24) is 10.2 Å². The lowest BCUT2D eigenvalue weighted by atomic mass is 9.87. The second-order valence-electron chi connectivity index (χ2n) is 10.3. The molecule has 222 valence electrons. The average Bonchev–Trinajstić information content (AvgIpc) is 3.52. The molecule has 3 unspecified atom stereocenters.